The highest BCUT2D eigenvalue weighted by molar-refractivity contribution is 6.50. The summed E-state index contributed by atoms with van der Waals surface area (Å²) in [5.74, 6) is 0.360. The van der Waals surface area contributed by atoms with Crippen LogP contribution in [0.5, 0.6) is 0 Å². The topological polar surface area (TPSA) is 45.0 Å². The standard InChI is InChI=1S/C25H24N2O/c28-27-23(18-8-7-9-18)24-22-14-15-25(16-19(22)17-26-24,20-10-3-1-4-11-20)21-12-5-2-6-13-21/h1-6,10-15,18,28H,7-9,16-17H2/b27-23+. The summed E-state index contributed by atoms with van der Waals surface area (Å²) in [5.41, 5.74) is 6.62. The van der Waals surface area contributed by atoms with Crippen molar-refractivity contribution in [3.8, 4) is 0 Å². The molecule has 2 aromatic rings. The van der Waals surface area contributed by atoms with Gasteiger partial charge in [0.05, 0.1) is 12.3 Å². The van der Waals surface area contributed by atoms with E-state index in [1.807, 2.05) is 0 Å². The average Bonchev–Trinajstić information content (AvgIpc) is 3.14. The van der Waals surface area contributed by atoms with Crippen LogP contribution in [0.3, 0.4) is 0 Å². The monoisotopic (exact) mass is 368 g/mol. The number of rotatable bonds is 4. The first kappa shape index (κ1) is 17.2. The first-order chi connectivity index (χ1) is 13.8. The molecule has 1 heterocycles. The zero-order chi connectivity index (χ0) is 19.0. The molecule has 0 amide bonds. The summed E-state index contributed by atoms with van der Waals surface area (Å²) >= 11 is 0. The average molecular weight is 368 g/mol. The molecule has 0 aromatic heterocycles. The summed E-state index contributed by atoms with van der Waals surface area (Å²) in [5, 5.41) is 13.3. The predicted octanol–water partition coefficient (Wildman–Crippen LogP) is 5.31. The molecular formula is C25H24N2O. The van der Waals surface area contributed by atoms with Gasteiger partial charge in [-0.15, -0.1) is 0 Å². The molecule has 3 nitrogen and oxygen atoms in total. The van der Waals surface area contributed by atoms with Crippen LogP contribution in [-0.2, 0) is 5.41 Å². The van der Waals surface area contributed by atoms with Gasteiger partial charge in [-0.1, -0.05) is 84.4 Å². The van der Waals surface area contributed by atoms with Gasteiger partial charge < -0.3 is 5.21 Å². The summed E-state index contributed by atoms with van der Waals surface area (Å²) in [7, 11) is 0. The van der Waals surface area contributed by atoms with Crippen molar-refractivity contribution in [2.45, 2.75) is 31.1 Å². The minimum atomic E-state index is -0.181. The van der Waals surface area contributed by atoms with Gasteiger partial charge in [0.2, 0.25) is 0 Å². The van der Waals surface area contributed by atoms with Crippen molar-refractivity contribution in [2.75, 3.05) is 6.54 Å². The van der Waals surface area contributed by atoms with Crippen LogP contribution in [-0.4, -0.2) is 23.2 Å². The lowest BCUT2D eigenvalue weighted by atomic mass is 9.67. The van der Waals surface area contributed by atoms with Crippen LogP contribution in [0, 0.1) is 5.92 Å². The van der Waals surface area contributed by atoms with Gasteiger partial charge in [-0.2, -0.15) is 0 Å². The highest BCUT2D eigenvalue weighted by atomic mass is 16.4. The number of benzene rings is 2. The number of allylic oxidation sites excluding steroid dienone is 3. The highest BCUT2D eigenvalue weighted by Crippen LogP contribution is 2.45. The molecule has 28 heavy (non-hydrogen) atoms. The zero-order valence-electron chi connectivity index (χ0n) is 15.9. The van der Waals surface area contributed by atoms with Crippen molar-refractivity contribution in [2.24, 2.45) is 16.1 Å². The highest BCUT2D eigenvalue weighted by Gasteiger charge is 2.39. The lowest BCUT2D eigenvalue weighted by Crippen LogP contribution is -2.32. The van der Waals surface area contributed by atoms with E-state index in [0.717, 1.165) is 30.7 Å². The summed E-state index contributed by atoms with van der Waals surface area (Å²) in [6.07, 6.45) is 8.86. The molecule has 3 heteroatoms. The second-order valence-electron chi connectivity index (χ2n) is 8.01. The Kier molecular flexibility index (Phi) is 4.23. The predicted molar refractivity (Wildman–Crippen MR) is 113 cm³/mol. The van der Waals surface area contributed by atoms with Gasteiger partial charge in [-0.3, -0.25) is 4.99 Å². The number of hydrogen-bond donors (Lipinski definition) is 1. The molecule has 1 N–H and O–H groups in total. The Morgan fingerprint density at radius 2 is 1.61 bits per heavy atom. The largest absolute Gasteiger partial charge is 0.411 e. The molecule has 0 bridgehead atoms. The molecule has 2 aromatic carbocycles. The third-order valence-electron chi connectivity index (χ3n) is 6.51. The van der Waals surface area contributed by atoms with Crippen LogP contribution in [0.25, 0.3) is 0 Å². The Morgan fingerprint density at radius 3 is 2.14 bits per heavy atom. The fourth-order valence-corrected chi connectivity index (χ4v) is 4.74. The first-order valence-corrected chi connectivity index (χ1v) is 10.1. The van der Waals surface area contributed by atoms with Gasteiger partial charge in [0.25, 0.3) is 0 Å². The summed E-state index contributed by atoms with van der Waals surface area (Å²) in [4.78, 5) is 4.81. The minimum absolute atomic E-state index is 0.181. The van der Waals surface area contributed by atoms with Crippen LogP contribution >= 0.6 is 0 Å². The Morgan fingerprint density at radius 1 is 0.964 bits per heavy atom. The zero-order valence-corrected chi connectivity index (χ0v) is 15.9. The van der Waals surface area contributed by atoms with E-state index < -0.39 is 0 Å². The molecule has 1 aliphatic heterocycles. The quantitative estimate of drug-likeness (QED) is 0.443. The van der Waals surface area contributed by atoms with Gasteiger partial charge in [0, 0.05) is 16.9 Å². The molecule has 3 aliphatic rings. The van der Waals surface area contributed by atoms with Crippen LogP contribution in [0.1, 0.15) is 36.8 Å². The molecule has 5 rings (SSSR count). The van der Waals surface area contributed by atoms with E-state index in [9.17, 15) is 5.21 Å². The number of hydrogen-bond acceptors (Lipinski definition) is 3. The van der Waals surface area contributed by atoms with Gasteiger partial charge in [0.1, 0.15) is 5.71 Å². The molecule has 0 atom stereocenters. The van der Waals surface area contributed by atoms with E-state index >= 15 is 0 Å². The van der Waals surface area contributed by atoms with Crippen molar-refractivity contribution in [1.29, 1.82) is 0 Å². The van der Waals surface area contributed by atoms with Gasteiger partial charge in [-0.05, 0) is 36.0 Å². The Bertz CT molecular complexity index is 956. The van der Waals surface area contributed by atoms with Crippen molar-refractivity contribution < 1.29 is 5.21 Å². The normalized spacial score (nSPS) is 21.3. The lowest BCUT2D eigenvalue weighted by molar-refractivity contribution is 0.307. The summed E-state index contributed by atoms with van der Waals surface area (Å²) < 4.78 is 0. The van der Waals surface area contributed by atoms with Crippen molar-refractivity contribution >= 4 is 11.4 Å². The number of oxime groups is 1. The first-order valence-electron chi connectivity index (χ1n) is 10.1. The van der Waals surface area contributed by atoms with E-state index in [1.165, 1.54) is 28.7 Å². The smallest absolute Gasteiger partial charge is 0.108 e. The Labute approximate surface area is 165 Å². The third-order valence-corrected chi connectivity index (χ3v) is 6.51. The molecular weight excluding hydrogens is 344 g/mol. The van der Waals surface area contributed by atoms with Crippen molar-refractivity contribution in [1.82, 2.24) is 0 Å². The molecule has 0 unspecified atom stereocenters. The van der Waals surface area contributed by atoms with Crippen LogP contribution in [0.15, 0.2) is 94.1 Å². The second kappa shape index (κ2) is 6.90. The van der Waals surface area contributed by atoms with E-state index in [-0.39, 0.29) is 5.41 Å². The third kappa shape index (κ3) is 2.65. The molecule has 2 aliphatic carbocycles. The molecule has 0 radical (unpaired) electrons. The maximum absolute atomic E-state index is 9.63. The number of nitrogens with zero attached hydrogens (tertiary/aromatic N) is 2. The van der Waals surface area contributed by atoms with Crippen LogP contribution < -0.4 is 0 Å². The molecule has 1 fully saturated rings. The molecule has 0 saturated heterocycles. The fourth-order valence-electron chi connectivity index (χ4n) is 4.74. The summed E-state index contributed by atoms with van der Waals surface area (Å²) in [6.45, 7) is 0.697. The Balaban J connectivity index is 1.55. The second-order valence-corrected chi connectivity index (χ2v) is 8.01. The maximum Gasteiger partial charge on any atom is 0.108 e. The van der Waals surface area contributed by atoms with Crippen molar-refractivity contribution in [3.63, 3.8) is 0 Å². The molecule has 1 saturated carbocycles. The fraction of sp³-hybridized carbons (Fsp3) is 0.280. The van der Waals surface area contributed by atoms with Gasteiger partial charge in [0.15, 0.2) is 0 Å². The van der Waals surface area contributed by atoms with E-state index in [2.05, 4.69) is 78.0 Å². The van der Waals surface area contributed by atoms with Gasteiger partial charge in [-0.25, -0.2) is 0 Å². The summed E-state index contributed by atoms with van der Waals surface area (Å²) in [6, 6.07) is 21.5. The van der Waals surface area contributed by atoms with Gasteiger partial charge >= 0.3 is 0 Å². The van der Waals surface area contributed by atoms with Crippen molar-refractivity contribution in [3.05, 3.63) is 95.1 Å². The maximum atomic E-state index is 9.63. The lowest BCUT2D eigenvalue weighted by Gasteiger charge is -2.36. The minimum Gasteiger partial charge on any atom is -0.411 e. The molecule has 0 spiro atoms. The van der Waals surface area contributed by atoms with E-state index in [0.29, 0.717) is 12.5 Å². The van der Waals surface area contributed by atoms with E-state index in [4.69, 9.17) is 4.99 Å². The molecule has 140 valence electrons. The van der Waals surface area contributed by atoms with E-state index in [1.54, 1.807) is 0 Å². The van der Waals surface area contributed by atoms with Crippen LogP contribution in [0.2, 0.25) is 0 Å². The number of aliphatic imine (C=N–C) groups is 1. The Hall–Kier alpha value is -2.94. The SMILES string of the molecule is O/N=C(/C1=NCC2=C1C=CC(c1ccccc1)(c1ccccc1)C2)C1CCC1. The van der Waals surface area contributed by atoms with Crippen LogP contribution in [0.4, 0.5) is 0 Å².